The van der Waals surface area contributed by atoms with Gasteiger partial charge < -0.3 is 14.2 Å². The minimum Gasteiger partial charge on any atom is -0.505 e. The number of imidazole rings is 1. The molecule has 0 aliphatic carbocycles. The van der Waals surface area contributed by atoms with Gasteiger partial charge in [-0.2, -0.15) is 0 Å². The lowest BCUT2D eigenvalue weighted by atomic mass is 9.96. The molecule has 0 radical (unpaired) electrons. The molecular weight excluding hydrogens is 666 g/mol. The normalized spacial score (nSPS) is 15.8. The Labute approximate surface area is 289 Å². The summed E-state index contributed by atoms with van der Waals surface area (Å²) in [4.78, 5) is 33.8. The monoisotopic (exact) mass is 693 g/mol. The third-order valence-electron chi connectivity index (χ3n) is 8.09. The molecule has 0 spiro atoms. The average molecular weight is 694 g/mol. The number of aliphatic hydroxyl groups excluding tert-OH is 1. The summed E-state index contributed by atoms with van der Waals surface area (Å²) in [6, 6.07) is 27.2. The van der Waals surface area contributed by atoms with E-state index in [1.54, 1.807) is 18.2 Å². The van der Waals surface area contributed by atoms with Crippen molar-refractivity contribution in [1.29, 1.82) is 0 Å². The van der Waals surface area contributed by atoms with E-state index in [9.17, 15) is 14.7 Å². The van der Waals surface area contributed by atoms with Crippen LogP contribution in [0.5, 0.6) is 5.75 Å². The zero-order valence-corrected chi connectivity index (χ0v) is 28.2. The minimum atomic E-state index is -1.02. The lowest BCUT2D eigenvalue weighted by Gasteiger charge is -2.23. The highest BCUT2D eigenvalue weighted by molar-refractivity contribution is 8.00. The molecular formula is C36H28ClN5O4S2. The second-order valence-electron chi connectivity index (χ2n) is 11.2. The second kappa shape index (κ2) is 13.3. The first-order valence-electron chi connectivity index (χ1n) is 15.0. The number of halogens is 1. The quantitative estimate of drug-likeness (QED) is 0.0534. The van der Waals surface area contributed by atoms with Crippen molar-refractivity contribution in [2.75, 3.05) is 4.90 Å². The number of fused-ring (bicyclic) bond motifs is 1. The van der Waals surface area contributed by atoms with Crippen LogP contribution in [0.3, 0.4) is 0 Å². The van der Waals surface area contributed by atoms with E-state index in [-0.39, 0.29) is 22.2 Å². The number of Topliss-reactive ketones (excluding diaryl/α,β-unsaturated/α-hetero) is 1. The number of benzene rings is 3. The summed E-state index contributed by atoms with van der Waals surface area (Å²) in [5.41, 5.74) is 4.78. The Hall–Kier alpha value is -4.97. The van der Waals surface area contributed by atoms with E-state index in [2.05, 4.69) is 10.2 Å². The number of aromatic nitrogens is 4. The van der Waals surface area contributed by atoms with Gasteiger partial charge in [-0.25, -0.2) is 4.98 Å². The maximum atomic E-state index is 13.9. The molecule has 4 heterocycles. The average Bonchev–Trinajstić information content (AvgIpc) is 3.78. The number of carbonyl (C=O) groups excluding carboxylic acids is 2. The summed E-state index contributed by atoms with van der Waals surface area (Å²) >= 11 is 8.96. The van der Waals surface area contributed by atoms with Gasteiger partial charge in [0.05, 0.1) is 17.3 Å². The zero-order valence-electron chi connectivity index (χ0n) is 25.8. The van der Waals surface area contributed by atoms with Crippen LogP contribution in [0.25, 0.3) is 11.4 Å². The van der Waals surface area contributed by atoms with E-state index in [4.69, 9.17) is 21.3 Å². The molecule has 1 atom stereocenters. The first kappa shape index (κ1) is 31.6. The van der Waals surface area contributed by atoms with Gasteiger partial charge in [0.25, 0.3) is 5.78 Å². The first-order chi connectivity index (χ1) is 23.3. The number of aryl methyl sites for hydroxylation is 2. The number of rotatable bonds is 9. The molecule has 1 N–H and O–H groups in total. The fourth-order valence-electron chi connectivity index (χ4n) is 5.65. The van der Waals surface area contributed by atoms with Crippen molar-refractivity contribution in [3.05, 3.63) is 141 Å². The predicted octanol–water partition coefficient (Wildman–Crippen LogP) is 7.95. The standard InChI is InChI=1S/C36H28ClN5O4S2/c1-21-10-9-17-41-22(2)29(38-33(21)41)31(43)28-30(24-14-8-15-26(18-24)46-19-23-11-4-3-5-12-23)42(34(45)32(28)44)35-39-40-36(48-35)47-20-25-13-6-7-16-27(25)37/h3-18,30,43H,19-20H2,1-2H3/b31-28+. The molecule has 6 aromatic rings. The van der Waals surface area contributed by atoms with E-state index in [1.165, 1.54) is 28.0 Å². The number of thioether (sulfide) groups is 1. The predicted molar refractivity (Wildman–Crippen MR) is 188 cm³/mol. The lowest BCUT2D eigenvalue weighted by Crippen LogP contribution is -2.29. The summed E-state index contributed by atoms with van der Waals surface area (Å²) in [7, 11) is 0. The van der Waals surface area contributed by atoms with E-state index >= 15 is 0 Å². The molecule has 1 amide bonds. The fourth-order valence-corrected chi connectivity index (χ4v) is 7.80. The van der Waals surface area contributed by atoms with Crippen molar-refractivity contribution in [2.24, 2.45) is 0 Å². The fraction of sp³-hybridized carbons (Fsp3) is 0.139. The van der Waals surface area contributed by atoms with E-state index < -0.39 is 17.7 Å². The molecule has 1 aliphatic rings. The molecule has 0 saturated carbocycles. The third-order valence-corrected chi connectivity index (χ3v) is 10.6. The van der Waals surface area contributed by atoms with Crippen LogP contribution < -0.4 is 9.64 Å². The number of nitrogens with zero attached hydrogens (tertiary/aromatic N) is 5. The maximum absolute atomic E-state index is 13.9. The number of hydrogen-bond donors (Lipinski definition) is 1. The summed E-state index contributed by atoms with van der Waals surface area (Å²) in [5, 5.41) is 21.4. The Morgan fingerprint density at radius 3 is 2.56 bits per heavy atom. The number of carbonyl (C=O) groups is 2. The SMILES string of the molecule is Cc1cccn2c(C)c(/C(O)=C3\C(=O)C(=O)N(c4nnc(SCc5ccccc5Cl)s4)C3c3cccc(OCc4ccccc4)c3)nc12. The van der Waals surface area contributed by atoms with Crippen molar-refractivity contribution >= 4 is 62.9 Å². The largest absolute Gasteiger partial charge is 0.505 e. The van der Waals surface area contributed by atoms with Gasteiger partial charge in [0.1, 0.15) is 23.7 Å². The molecule has 9 nitrogen and oxygen atoms in total. The number of aliphatic hydroxyl groups is 1. The van der Waals surface area contributed by atoms with Crippen molar-refractivity contribution in [3.8, 4) is 5.75 Å². The van der Waals surface area contributed by atoms with Crippen LogP contribution in [0, 0.1) is 13.8 Å². The maximum Gasteiger partial charge on any atom is 0.301 e. The number of hydrogen-bond acceptors (Lipinski definition) is 9. The second-order valence-corrected chi connectivity index (χ2v) is 13.8. The zero-order chi connectivity index (χ0) is 33.4. The summed E-state index contributed by atoms with van der Waals surface area (Å²) in [6.07, 6.45) is 1.84. The van der Waals surface area contributed by atoms with Crippen molar-refractivity contribution in [1.82, 2.24) is 19.6 Å². The molecule has 0 bridgehead atoms. The lowest BCUT2D eigenvalue weighted by molar-refractivity contribution is -0.132. The molecule has 1 saturated heterocycles. The number of pyridine rings is 1. The molecule has 240 valence electrons. The Kier molecular flexibility index (Phi) is 8.74. The van der Waals surface area contributed by atoms with E-state index in [1.807, 2.05) is 97.2 Å². The van der Waals surface area contributed by atoms with Crippen LogP contribution in [0.1, 0.15) is 39.7 Å². The molecule has 7 rings (SSSR count). The minimum absolute atomic E-state index is 0.0927. The van der Waals surface area contributed by atoms with Crippen molar-refractivity contribution < 1.29 is 19.4 Å². The highest BCUT2D eigenvalue weighted by atomic mass is 35.5. The molecule has 1 unspecified atom stereocenters. The number of ether oxygens (including phenoxy) is 1. The van der Waals surface area contributed by atoms with Crippen molar-refractivity contribution in [2.45, 2.75) is 36.6 Å². The van der Waals surface area contributed by atoms with Gasteiger partial charge in [0.2, 0.25) is 5.13 Å². The highest BCUT2D eigenvalue weighted by Gasteiger charge is 2.49. The number of ketones is 1. The van der Waals surface area contributed by atoms with Crippen LogP contribution in [0.15, 0.2) is 107 Å². The van der Waals surface area contributed by atoms with Crippen LogP contribution in [0.4, 0.5) is 5.13 Å². The summed E-state index contributed by atoms with van der Waals surface area (Å²) < 4.78 is 8.55. The Bertz CT molecular complexity index is 2210. The van der Waals surface area contributed by atoms with Gasteiger partial charge in [-0.05, 0) is 60.4 Å². The van der Waals surface area contributed by atoms with Crippen molar-refractivity contribution in [3.63, 3.8) is 0 Å². The summed E-state index contributed by atoms with van der Waals surface area (Å²) in [6.45, 7) is 4.06. The van der Waals surface area contributed by atoms with E-state index in [0.29, 0.717) is 44.4 Å². The summed E-state index contributed by atoms with van der Waals surface area (Å²) in [5.74, 6) is -0.955. The van der Waals surface area contributed by atoms with Crippen LogP contribution in [-0.4, -0.2) is 36.4 Å². The third kappa shape index (κ3) is 5.96. The first-order valence-corrected chi connectivity index (χ1v) is 17.2. The topological polar surface area (TPSA) is 110 Å². The van der Waals surface area contributed by atoms with Crippen LogP contribution in [-0.2, 0) is 21.9 Å². The molecule has 1 aliphatic heterocycles. The highest BCUT2D eigenvalue weighted by Crippen LogP contribution is 2.45. The van der Waals surface area contributed by atoms with Gasteiger partial charge in [0.15, 0.2) is 10.1 Å². The molecule has 3 aromatic carbocycles. The number of amides is 1. The van der Waals surface area contributed by atoms with Gasteiger partial charge in [-0.15, -0.1) is 10.2 Å². The molecule has 48 heavy (non-hydrogen) atoms. The van der Waals surface area contributed by atoms with Gasteiger partial charge >= 0.3 is 5.91 Å². The van der Waals surface area contributed by atoms with Crippen LogP contribution >= 0.6 is 34.7 Å². The molecule has 1 fully saturated rings. The smallest absolute Gasteiger partial charge is 0.301 e. The Balaban J connectivity index is 1.30. The Morgan fingerprint density at radius 1 is 0.979 bits per heavy atom. The van der Waals surface area contributed by atoms with Gasteiger partial charge in [0, 0.05) is 17.0 Å². The number of anilines is 1. The Morgan fingerprint density at radius 2 is 1.77 bits per heavy atom. The van der Waals surface area contributed by atoms with Gasteiger partial charge in [-0.3, -0.25) is 14.5 Å². The van der Waals surface area contributed by atoms with Gasteiger partial charge in [-0.1, -0.05) is 101 Å². The van der Waals surface area contributed by atoms with E-state index in [0.717, 1.165) is 16.7 Å². The molecule has 12 heteroatoms. The van der Waals surface area contributed by atoms with Crippen LogP contribution in [0.2, 0.25) is 5.02 Å². The molecule has 3 aromatic heterocycles.